The Balaban J connectivity index is 2.31. The Morgan fingerprint density at radius 1 is 1.44 bits per heavy atom. The molecular formula is C11H9NO2S2. The minimum Gasteiger partial charge on any atom is -0.478 e. The van der Waals surface area contributed by atoms with Crippen LogP contribution in [0, 0.1) is 6.92 Å². The Morgan fingerprint density at radius 3 is 2.81 bits per heavy atom. The van der Waals surface area contributed by atoms with Crippen LogP contribution in [0.5, 0.6) is 0 Å². The van der Waals surface area contributed by atoms with Crippen LogP contribution in [-0.2, 0) is 0 Å². The fourth-order valence-electron chi connectivity index (χ4n) is 1.21. The molecule has 1 aromatic heterocycles. The van der Waals surface area contributed by atoms with Crippen LogP contribution in [0.15, 0.2) is 38.9 Å². The van der Waals surface area contributed by atoms with Crippen molar-refractivity contribution in [3.8, 4) is 0 Å². The highest BCUT2D eigenvalue weighted by molar-refractivity contribution is 8.01. The highest BCUT2D eigenvalue weighted by atomic mass is 32.2. The average Bonchev–Trinajstić information content (AvgIpc) is 2.64. The second kappa shape index (κ2) is 4.67. The first-order chi connectivity index (χ1) is 7.66. The van der Waals surface area contributed by atoms with Crippen molar-refractivity contribution in [3.63, 3.8) is 0 Å². The van der Waals surface area contributed by atoms with Crippen LogP contribution in [-0.4, -0.2) is 16.1 Å². The molecule has 0 aliphatic heterocycles. The zero-order valence-electron chi connectivity index (χ0n) is 8.51. The van der Waals surface area contributed by atoms with Gasteiger partial charge in [-0.25, -0.2) is 9.78 Å². The third-order valence-electron chi connectivity index (χ3n) is 1.91. The van der Waals surface area contributed by atoms with Crippen molar-refractivity contribution in [1.29, 1.82) is 0 Å². The second-order valence-electron chi connectivity index (χ2n) is 3.16. The zero-order valence-corrected chi connectivity index (χ0v) is 10.1. The predicted molar refractivity (Wildman–Crippen MR) is 64.4 cm³/mol. The van der Waals surface area contributed by atoms with Gasteiger partial charge in [-0.2, -0.15) is 0 Å². The van der Waals surface area contributed by atoms with E-state index in [0.717, 1.165) is 14.9 Å². The van der Waals surface area contributed by atoms with Crippen molar-refractivity contribution in [2.75, 3.05) is 0 Å². The summed E-state index contributed by atoms with van der Waals surface area (Å²) in [6, 6.07) is 6.95. The number of hydrogen-bond acceptors (Lipinski definition) is 4. The Kier molecular flexibility index (Phi) is 3.26. The van der Waals surface area contributed by atoms with Crippen LogP contribution in [0.25, 0.3) is 0 Å². The van der Waals surface area contributed by atoms with Crippen molar-refractivity contribution >= 4 is 29.1 Å². The van der Waals surface area contributed by atoms with Gasteiger partial charge in [-0.3, -0.25) is 0 Å². The number of carboxylic acids is 1. The molecule has 0 spiro atoms. The molecule has 2 aromatic rings. The number of rotatable bonds is 3. The van der Waals surface area contributed by atoms with E-state index in [-0.39, 0.29) is 0 Å². The number of thiazole rings is 1. The summed E-state index contributed by atoms with van der Waals surface area (Å²) in [6.45, 7) is 1.92. The van der Waals surface area contributed by atoms with Crippen LogP contribution in [0.1, 0.15) is 16.1 Å². The maximum absolute atomic E-state index is 11.0. The summed E-state index contributed by atoms with van der Waals surface area (Å²) in [4.78, 5) is 16.0. The highest BCUT2D eigenvalue weighted by Crippen LogP contribution is 2.32. The van der Waals surface area contributed by atoms with Gasteiger partial charge >= 0.3 is 5.97 Å². The fraction of sp³-hybridized carbons (Fsp3) is 0.0909. The first kappa shape index (κ1) is 11.2. The molecule has 0 bridgehead atoms. The van der Waals surface area contributed by atoms with Gasteiger partial charge in [-0.1, -0.05) is 23.9 Å². The van der Waals surface area contributed by atoms with Gasteiger partial charge in [0.15, 0.2) is 4.34 Å². The Morgan fingerprint density at radius 2 is 2.19 bits per heavy atom. The monoisotopic (exact) mass is 251 g/mol. The summed E-state index contributed by atoms with van der Waals surface area (Å²) in [7, 11) is 0. The van der Waals surface area contributed by atoms with Gasteiger partial charge in [-0.05, 0) is 19.1 Å². The van der Waals surface area contributed by atoms with E-state index in [0.29, 0.717) is 5.56 Å². The SMILES string of the molecule is Cc1csc(Sc2ccccc2C(=O)O)n1. The number of nitrogens with zero attached hydrogens (tertiary/aromatic N) is 1. The summed E-state index contributed by atoms with van der Waals surface area (Å²) in [5, 5.41) is 11.0. The molecule has 82 valence electrons. The van der Waals surface area contributed by atoms with Gasteiger partial charge in [0.2, 0.25) is 0 Å². The van der Waals surface area contributed by atoms with Crippen molar-refractivity contribution in [1.82, 2.24) is 4.98 Å². The molecule has 0 aliphatic rings. The number of hydrogen-bond donors (Lipinski definition) is 1. The molecule has 0 saturated heterocycles. The number of carboxylic acid groups (broad SMARTS) is 1. The molecule has 0 amide bonds. The summed E-state index contributed by atoms with van der Waals surface area (Å²) in [6.07, 6.45) is 0. The molecule has 16 heavy (non-hydrogen) atoms. The molecule has 0 fully saturated rings. The Bertz CT molecular complexity index is 522. The smallest absolute Gasteiger partial charge is 0.336 e. The largest absolute Gasteiger partial charge is 0.478 e. The van der Waals surface area contributed by atoms with Crippen LogP contribution < -0.4 is 0 Å². The first-order valence-corrected chi connectivity index (χ1v) is 6.29. The van der Waals surface area contributed by atoms with E-state index >= 15 is 0 Å². The molecular weight excluding hydrogens is 242 g/mol. The molecule has 1 heterocycles. The van der Waals surface area contributed by atoms with Crippen LogP contribution in [0.4, 0.5) is 0 Å². The lowest BCUT2D eigenvalue weighted by Gasteiger charge is -2.02. The average molecular weight is 251 g/mol. The number of benzene rings is 1. The van der Waals surface area contributed by atoms with Crippen LogP contribution >= 0.6 is 23.1 Å². The maximum atomic E-state index is 11.0. The minimum absolute atomic E-state index is 0.320. The van der Waals surface area contributed by atoms with E-state index < -0.39 is 5.97 Å². The van der Waals surface area contributed by atoms with Crippen LogP contribution in [0.3, 0.4) is 0 Å². The third-order valence-corrected chi connectivity index (χ3v) is 4.05. The van der Waals surface area contributed by atoms with E-state index in [1.54, 1.807) is 18.2 Å². The standard InChI is InChI=1S/C11H9NO2S2/c1-7-6-15-11(12-7)16-9-5-3-2-4-8(9)10(13)14/h2-6H,1H3,(H,13,14). The lowest BCUT2D eigenvalue weighted by molar-refractivity contribution is 0.0693. The summed E-state index contributed by atoms with van der Waals surface area (Å²) in [5.41, 5.74) is 1.28. The molecule has 1 aromatic carbocycles. The topological polar surface area (TPSA) is 50.2 Å². The second-order valence-corrected chi connectivity index (χ2v) is 5.31. The number of aromatic carboxylic acids is 1. The van der Waals surface area contributed by atoms with Gasteiger partial charge in [0, 0.05) is 16.0 Å². The molecule has 0 saturated carbocycles. The fourth-order valence-corrected chi connectivity index (χ4v) is 3.12. The lowest BCUT2D eigenvalue weighted by atomic mass is 10.2. The summed E-state index contributed by atoms with van der Waals surface area (Å²) >= 11 is 2.91. The molecule has 5 heteroatoms. The van der Waals surface area contributed by atoms with Crippen molar-refractivity contribution in [3.05, 3.63) is 40.9 Å². The highest BCUT2D eigenvalue weighted by Gasteiger charge is 2.11. The van der Waals surface area contributed by atoms with Gasteiger partial charge in [-0.15, -0.1) is 11.3 Å². The number of aromatic nitrogens is 1. The Hall–Kier alpha value is -1.33. The molecule has 0 atom stereocenters. The van der Waals surface area contributed by atoms with E-state index in [2.05, 4.69) is 4.98 Å². The van der Waals surface area contributed by atoms with E-state index in [1.807, 2.05) is 18.4 Å². The van der Waals surface area contributed by atoms with Gasteiger partial charge in [0.05, 0.1) is 5.56 Å². The Labute approximate surface area is 101 Å². The molecule has 3 nitrogen and oxygen atoms in total. The molecule has 0 unspecified atom stereocenters. The number of aryl methyl sites for hydroxylation is 1. The third kappa shape index (κ3) is 2.43. The molecule has 1 N–H and O–H groups in total. The maximum Gasteiger partial charge on any atom is 0.336 e. The van der Waals surface area contributed by atoms with Crippen LogP contribution in [0.2, 0.25) is 0 Å². The van der Waals surface area contributed by atoms with Crippen molar-refractivity contribution in [2.24, 2.45) is 0 Å². The van der Waals surface area contributed by atoms with Gasteiger partial charge in [0.25, 0.3) is 0 Å². The van der Waals surface area contributed by atoms with Crippen molar-refractivity contribution < 1.29 is 9.90 Å². The predicted octanol–water partition coefficient (Wildman–Crippen LogP) is 3.30. The summed E-state index contributed by atoms with van der Waals surface area (Å²) in [5.74, 6) is -0.906. The van der Waals surface area contributed by atoms with E-state index in [9.17, 15) is 4.79 Å². The van der Waals surface area contributed by atoms with E-state index in [1.165, 1.54) is 23.1 Å². The van der Waals surface area contributed by atoms with Gasteiger partial charge in [0.1, 0.15) is 0 Å². The zero-order chi connectivity index (χ0) is 11.5. The van der Waals surface area contributed by atoms with E-state index in [4.69, 9.17) is 5.11 Å². The first-order valence-electron chi connectivity index (χ1n) is 4.59. The molecule has 0 aliphatic carbocycles. The normalized spacial score (nSPS) is 10.3. The minimum atomic E-state index is -0.906. The lowest BCUT2D eigenvalue weighted by Crippen LogP contribution is -1.97. The summed E-state index contributed by atoms with van der Waals surface area (Å²) < 4.78 is 0.867. The quantitative estimate of drug-likeness (QED) is 0.909. The molecule has 2 rings (SSSR count). The molecule has 0 radical (unpaired) electrons. The van der Waals surface area contributed by atoms with Crippen molar-refractivity contribution in [2.45, 2.75) is 16.2 Å². The van der Waals surface area contributed by atoms with Gasteiger partial charge < -0.3 is 5.11 Å². The number of carbonyl (C=O) groups is 1.